The fraction of sp³-hybridized carbons (Fsp3) is 0.786. The van der Waals surface area contributed by atoms with Gasteiger partial charge < -0.3 is 9.73 Å². The van der Waals surface area contributed by atoms with Gasteiger partial charge in [0.25, 0.3) is 0 Å². The minimum atomic E-state index is 0.598. The predicted molar refractivity (Wildman–Crippen MR) is 72.5 cm³/mol. The maximum absolute atomic E-state index is 5.67. The number of oxazole rings is 1. The van der Waals surface area contributed by atoms with E-state index >= 15 is 0 Å². The van der Waals surface area contributed by atoms with E-state index in [-0.39, 0.29) is 0 Å². The number of aryl methyl sites for hydroxylation is 2. The molecule has 18 heavy (non-hydrogen) atoms. The largest absolute Gasteiger partial charge is 0.444 e. The summed E-state index contributed by atoms with van der Waals surface area (Å²) in [5.74, 6) is 2.52. The Morgan fingerprint density at radius 3 is 2.89 bits per heavy atom. The lowest BCUT2D eigenvalue weighted by molar-refractivity contribution is 0.150. The van der Waals surface area contributed by atoms with Gasteiger partial charge >= 0.3 is 0 Å². The number of piperazine rings is 1. The van der Waals surface area contributed by atoms with E-state index in [1.165, 1.54) is 6.42 Å². The fourth-order valence-corrected chi connectivity index (χ4v) is 2.45. The van der Waals surface area contributed by atoms with Gasteiger partial charge in [-0.1, -0.05) is 20.3 Å². The zero-order valence-corrected chi connectivity index (χ0v) is 12.0. The molecule has 1 N–H and O–H groups in total. The first-order valence-corrected chi connectivity index (χ1v) is 6.98. The van der Waals surface area contributed by atoms with E-state index in [0.717, 1.165) is 49.4 Å². The number of nitrogens with zero attached hydrogens (tertiary/aromatic N) is 2. The SMILES string of the molecule is CCC(C)C1CN(Cc2nc(C)c(C)o2)CCN1. The average Bonchev–Trinajstić information content (AvgIpc) is 2.67. The van der Waals surface area contributed by atoms with Crippen molar-refractivity contribution < 1.29 is 4.42 Å². The second-order valence-electron chi connectivity index (χ2n) is 5.43. The van der Waals surface area contributed by atoms with Crippen LogP contribution in [0.1, 0.15) is 37.6 Å². The molecule has 0 radical (unpaired) electrons. The van der Waals surface area contributed by atoms with Gasteiger partial charge in [0, 0.05) is 25.7 Å². The van der Waals surface area contributed by atoms with Crippen LogP contribution in [0.4, 0.5) is 0 Å². The Hall–Kier alpha value is -0.870. The molecule has 2 atom stereocenters. The zero-order valence-electron chi connectivity index (χ0n) is 12.0. The molecule has 4 heteroatoms. The van der Waals surface area contributed by atoms with E-state index in [4.69, 9.17) is 4.42 Å². The summed E-state index contributed by atoms with van der Waals surface area (Å²) in [6.45, 7) is 12.6. The maximum Gasteiger partial charge on any atom is 0.208 e. The van der Waals surface area contributed by atoms with Crippen molar-refractivity contribution in [2.24, 2.45) is 5.92 Å². The Morgan fingerprint density at radius 1 is 1.50 bits per heavy atom. The van der Waals surface area contributed by atoms with E-state index in [1.807, 2.05) is 13.8 Å². The van der Waals surface area contributed by atoms with Crippen molar-refractivity contribution in [3.63, 3.8) is 0 Å². The second kappa shape index (κ2) is 5.85. The third-order valence-electron chi connectivity index (χ3n) is 4.05. The lowest BCUT2D eigenvalue weighted by atomic mass is 9.97. The lowest BCUT2D eigenvalue weighted by Gasteiger charge is -2.35. The quantitative estimate of drug-likeness (QED) is 0.890. The predicted octanol–water partition coefficient (Wildman–Crippen LogP) is 2.11. The van der Waals surface area contributed by atoms with Crippen molar-refractivity contribution >= 4 is 0 Å². The summed E-state index contributed by atoms with van der Waals surface area (Å²) in [7, 11) is 0. The van der Waals surface area contributed by atoms with Crippen LogP contribution in [0.25, 0.3) is 0 Å². The molecule has 1 aliphatic rings. The van der Waals surface area contributed by atoms with E-state index in [0.29, 0.717) is 6.04 Å². The molecule has 2 heterocycles. The Bertz CT molecular complexity index is 369. The highest BCUT2D eigenvalue weighted by molar-refractivity contribution is 5.05. The minimum absolute atomic E-state index is 0.598. The van der Waals surface area contributed by atoms with Crippen molar-refractivity contribution in [3.05, 3.63) is 17.3 Å². The van der Waals surface area contributed by atoms with Crippen molar-refractivity contribution in [3.8, 4) is 0 Å². The van der Waals surface area contributed by atoms with E-state index in [9.17, 15) is 0 Å². The summed E-state index contributed by atoms with van der Waals surface area (Å²) >= 11 is 0. The summed E-state index contributed by atoms with van der Waals surface area (Å²) in [4.78, 5) is 6.91. The Morgan fingerprint density at radius 2 is 2.28 bits per heavy atom. The van der Waals surface area contributed by atoms with Crippen LogP contribution >= 0.6 is 0 Å². The van der Waals surface area contributed by atoms with Gasteiger partial charge in [-0.2, -0.15) is 0 Å². The van der Waals surface area contributed by atoms with Crippen LogP contribution in [-0.2, 0) is 6.54 Å². The van der Waals surface area contributed by atoms with Gasteiger partial charge in [-0.05, 0) is 19.8 Å². The van der Waals surface area contributed by atoms with Crippen molar-refractivity contribution in [1.82, 2.24) is 15.2 Å². The normalized spacial score (nSPS) is 23.2. The second-order valence-corrected chi connectivity index (χ2v) is 5.43. The molecule has 0 spiro atoms. The highest BCUT2D eigenvalue weighted by Crippen LogP contribution is 2.15. The van der Waals surface area contributed by atoms with Crippen LogP contribution in [0.3, 0.4) is 0 Å². The third kappa shape index (κ3) is 3.12. The van der Waals surface area contributed by atoms with Crippen molar-refractivity contribution in [2.45, 2.75) is 46.7 Å². The smallest absolute Gasteiger partial charge is 0.208 e. The molecule has 1 fully saturated rings. The van der Waals surface area contributed by atoms with E-state index in [2.05, 4.69) is 29.0 Å². The topological polar surface area (TPSA) is 41.3 Å². The highest BCUT2D eigenvalue weighted by atomic mass is 16.4. The molecule has 0 saturated carbocycles. The first-order chi connectivity index (χ1) is 8.60. The third-order valence-corrected chi connectivity index (χ3v) is 4.05. The number of hydrogen-bond donors (Lipinski definition) is 1. The average molecular weight is 251 g/mol. The summed E-state index contributed by atoms with van der Waals surface area (Å²) in [5.41, 5.74) is 1.01. The minimum Gasteiger partial charge on any atom is -0.444 e. The number of nitrogens with one attached hydrogen (secondary N) is 1. The summed E-state index contributed by atoms with van der Waals surface area (Å²) < 4.78 is 5.67. The highest BCUT2D eigenvalue weighted by Gasteiger charge is 2.24. The van der Waals surface area contributed by atoms with Crippen LogP contribution in [-0.4, -0.2) is 35.6 Å². The first-order valence-electron chi connectivity index (χ1n) is 6.98. The summed E-state index contributed by atoms with van der Waals surface area (Å²) in [6.07, 6.45) is 1.22. The van der Waals surface area contributed by atoms with Gasteiger partial charge in [0.15, 0.2) is 0 Å². The molecule has 1 aromatic rings. The standard InChI is InChI=1S/C14H25N3O/c1-5-10(2)13-8-17(7-6-15-13)9-14-16-11(3)12(4)18-14/h10,13,15H,5-9H2,1-4H3. The molecule has 0 amide bonds. The molecular weight excluding hydrogens is 226 g/mol. The molecule has 1 saturated heterocycles. The molecule has 0 bridgehead atoms. The molecule has 1 aliphatic heterocycles. The number of hydrogen-bond acceptors (Lipinski definition) is 4. The van der Waals surface area contributed by atoms with Crippen LogP contribution in [0.15, 0.2) is 4.42 Å². The summed E-state index contributed by atoms with van der Waals surface area (Å²) in [6, 6.07) is 0.598. The van der Waals surface area contributed by atoms with Crippen molar-refractivity contribution in [1.29, 1.82) is 0 Å². The molecule has 1 aromatic heterocycles. The molecule has 2 rings (SSSR count). The van der Waals surface area contributed by atoms with Gasteiger partial charge in [-0.3, -0.25) is 4.90 Å². The van der Waals surface area contributed by atoms with Gasteiger partial charge in [0.2, 0.25) is 5.89 Å². The van der Waals surface area contributed by atoms with Crippen molar-refractivity contribution in [2.75, 3.05) is 19.6 Å². The number of aromatic nitrogens is 1. The van der Waals surface area contributed by atoms with Crippen LogP contribution in [0.2, 0.25) is 0 Å². The molecule has 102 valence electrons. The molecule has 4 nitrogen and oxygen atoms in total. The van der Waals surface area contributed by atoms with E-state index in [1.54, 1.807) is 0 Å². The Kier molecular flexibility index (Phi) is 4.40. The molecule has 2 unspecified atom stereocenters. The van der Waals surface area contributed by atoms with Crippen LogP contribution in [0, 0.1) is 19.8 Å². The van der Waals surface area contributed by atoms with Crippen LogP contribution < -0.4 is 5.32 Å². The zero-order chi connectivity index (χ0) is 13.1. The fourth-order valence-electron chi connectivity index (χ4n) is 2.45. The molecule has 0 aliphatic carbocycles. The Balaban J connectivity index is 1.93. The Labute approximate surface area is 110 Å². The van der Waals surface area contributed by atoms with Crippen LogP contribution in [0.5, 0.6) is 0 Å². The first kappa shape index (κ1) is 13.6. The van der Waals surface area contributed by atoms with Gasteiger partial charge in [-0.15, -0.1) is 0 Å². The molecular formula is C14H25N3O. The lowest BCUT2D eigenvalue weighted by Crippen LogP contribution is -2.52. The van der Waals surface area contributed by atoms with Gasteiger partial charge in [0.05, 0.1) is 12.2 Å². The monoisotopic (exact) mass is 251 g/mol. The van der Waals surface area contributed by atoms with Gasteiger partial charge in [-0.25, -0.2) is 4.98 Å². The van der Waals surface area contributed by atoms with Gasteiger partial charge in [0.1, 0.15) is 5.76 Å². The maximum atomic E-state index is 5.67. The molecule has 0 aromatic carbocycles. The number of rotatable bonds is 4. The summed E-state index contributed by atoms with van der Waals surface area (Å²) in [5, 5.41) is 3.61. The van der Waals surface area contributed by atoms with E-state index < -0.39 is 0 Å².